The highest BCUT2D eigenvalue weighted by Gasteiger charge is 2.12. The SMILES string of the molecule is Cc1cccc(NC(=O)c2ccnc(Nc3ccc(Cl)cc3Cl)n2)c1C. The van der Waals surface area contributed by atoms with E-state index in [0.29, 0.717) is 15.7 Å². The number of hydrogen-bond acceptors (Lipinski definition) is 4. The average molecular weight is 387 g/mol. The topological polar surface area (TPSA) is 66.9 Å². The number of nitrogens with one attached hydrogen (secondary N) is 2. The highest BCUT2D eigenvalue weighted by Crippen LogP contribution is 2.27. The summed E-state index contributed by atoms with van der Waals surface area (Å²) in [6.07, 6.45) is 1.51. The first kappa shape index (κ1) is 18.2. The van der Waals surface area contributed by atoms with Gasteiger partial charge in [-0.05, 0) is 55.3 Å². The van der Waals surface area contributed by atoms with Gasteiger partial charge in [-0.2, -0.15) is 0 Å². The van der Waals surface area contributed by atoms with Crippen molar-refractivity contribution in [2.75, 3.05) is 10.6 Å². The highest BCUT2D eigenvalue weighted by atomic mass is 35.5. The third kappa shape index (κ3) is 4.12. The summed E-state index contributed by atoms with van der Waals surface area (Å²) in [4.78, 5) is 20.9. The molecule has 5 nitrogen and oxygen atoms in total. The molecule has 0 bridgehead atoms. The lowest BCUT2D eigenvalue weighted by atomic mass is 10.1. The second-order valence-corrected chi connectivity index (χ2v) is 6.56. The smallest absolute Gasteiger partial charge is 0.274 e. The Morgan fingerprint density at radius 3 is 2.62 bits per heavy atom. The Labute approximate surface area is 161 Å². The summed E-state index contributed by atoms with van der Waals surface area (Å²) in [5.41, 5.74) is 3.71. The molecule has 0 atom stereocenters. The van der Waals surface area contributed by atoms with Gasteiger partial charge in [-0.25, -0.2) is 9.97 Å². The third-order valence-electron chi connectivity index (χ3n) is 3.92. The maximum absolute atomic E-state index is 12.5. The molecule has 0 spiro atoms. The van der Waals surface area contributed by atoms with E-state index in [4.69, 9.17) is 23.2 Å². The first-order valence-electron chi connectivity index (χ1n) is 7.87. The number of aromatic nitrogens is 2. The van der Waals surface area contributed by atoms with E-state index < -0.39 is 0 Å². The minimum absolute atomic E-state index is 0.244. The van der Waals surface area contributed by atoms with Gasteiger partial charge in [-0.3, -0.25) is 4.79 Å². The van der Waals surface area contributed by atoms with Crippen LogP contribution in [0.4, 0.5) is 17.3 Å². The molecule has 132 valence electrons. The van der Waals surface area contributed by atoms with Gasteiger partial charge in [0.2, 0.25) is 5.95 Å². The molecule has 3 rings (SSSR count). The van der Waals surface area contributed by atoms with Gasteiger partial charge in [0.15, 0.2) is 0 Å². The molecule has 0 radical (unpaired) electrons. The Morgan fingerprint density at radius 2 is 1.85 bits per heavy atom. The third-order valence-corrected chi connectivity index (χ3v) is 4.47. The van der Waals surface area contributed by atoms with Gasteiger partial charge in [0.25, 0.3) is 5.91 Å². The Hall–Kier alpha value is -2.63. The number of anilines is 3. The van der Waals surface area contributed by atoms with Crippen molar-refractivity contribution in [3.05, 3.63) is 75.5 Å². The van der Waals surface area contributed by atoms with Crippen LogP contribution in [0, 0.1) is 13.8 Å². The summed E-state index contributed by atoms with van der Waals surface area (Å²) in [7, 11) is 0. The summed E-state index contributed by atoms with van der Waals surface area (Å²) in [5.74, 6) is -0.0470. The normalized spacial score (nSPS) is 10.5. The van der Waals surface area contributed by atoms with E-state index in [2.05, 4.69) is 20.6 Å². The minimum atomic E-state index is -0.314. The van der Waals surface area contributed by atoms with Crippen molar-refractivity contribution in [2.24, 2.45) is 0 Å². The molecule has 0 aliphatic carbocycles. The first-order valence-corrected chi connectivity index (χ1v) is 8.62. The summed E-state index contributed by atoms with van der Waals surface area (Å²) < 4.78 is 0. The molecule has 0 aliphatic rings. The van der Waals surface area contributed by atoms with Crippen LogP contribution in [0.25, 0.3) is 0 Å². The molecule has 1 heterocycles. The number of carbonyl (C=O) groups excluding carboxylic acids is 1. The van der Waals surface area contributed by atoms with Crippen LogP contribution in [0.2, 0.25) is 10.0 Å². The fourth-order valence-electron chi connectivity index (χ4n) is 2.33. The maximum Gasteiger partial charge on any atom is 0.274 e. The van der Waals surface area contributed by atoms with Crippen molar-refractivity contribution in [2.45, 2.75) is 13.8 Å². The van der Waals surface area contributed by atoms with Gasteiger partial charge >= 0.3 is 0 Å². The number of benzene rings is 2. The molecule has 0 saturated carbocycles. The van der Waals surface area contributed by atoms with Crippen LogP contribution < -0.4 is 10.6 Å². The monoisotopic (exact) mass is 386 g/mol. The van der Waals surface area contributed by atoms with E-state index in [1.54, 1.807) is 24.3 Å². The number of amides is 1. The zero-order valence-corrected chi connectivity index (χ0v) is 15.7. The van der Waals surface area contributed by atoms with Crippen molar-refractivity contribution in [1.29, 1.82) is 0 Å². The lowest BCUT2D eigenvalue weighted by Gasteiger charge is -2.11. The average Bonchev–Trinajstić information content (AvgIpc) is 2.61. The fourth-order valence-corrected chi connectivity index (χ4v) is 2.79. The largest absolute Gasteiger partial charge is 0.323 e. The van der Waals surface area contributed by atoms with Gasteiger partial charge in [0.1, 0.15) is 5.69 Å². The zero-order valence-electron chi connectivity index (χ0n) is 14.2. The van der Waals surface area contributed by atoms with E-state index >= 15 is 0 Å². The summed E-state index contributed by atoms with van der Waals surface area (Å²) in [5, 5.41) is 6.83. The van der Waals surface area contributed by atoms with Crippen molar-refractivity contribution >= 4 is 46.4 Å². The number of halogens is 2. The van der Waals surface area contributed by atoms with Crippen LogP contribution in [0.15, 0.2) is 48.7 Å². The zero-order chi connectivity index (χ0) is 18.7. The Morgan fingerprint density at radius 1 is 1.04 bits per heavy atom. The Balaban J connectivity index is 1.80. The van der Waals surface area contributed by atoms with Gasteiger partial charge in [-0.15, -0.1) is 0 Å². The number of rotatable bonds is 4. The molecule has 0 saturated heterocycles. The van der Waals surface area contributed by atoms with Gasteiger partial charge in [0.05, 0.1) is 10.7 Å². The van der Waals surface area contributed by atoms with E-state index in [1.165, 1.54) is 6.20 Å². The van der Waals surface area contributed by atoms with E-state index in [0.717, 1.165) is 16.8 Å². The Bertz CT molecular complexity index is 976. The first-order chi connectivity index (χ1) is 12.4. The van der Waals surface area contributed by atoms with Crippen LogP contribution in [0.1, 0.15) is 21.6 Å². The molecule has 0 aliphatic heterocycles. The predicted molar refractivity (Wildman–Crippen MR) is 106 cm³/mol. The van der Waals surface area contributed by atoms with Crippen LogP contribution in [0.5, 0.6) is 0 Å². The van der Waals surface area contributed by atoms with Crippen LogP contribution in [-0.2, 0) is 0 Å². The lowest BCUT2D eigenvalue weighted by molar-refractivity contribution is 0.102. The molecular weight excluding hydrogens is 371 g/mol. The number of carbonyl (C=O) groups is 1. The highest BCUT2D eigenvalue weighted by molar-refractivity contribution is 6.36. The number of aryl methyl sites for hydroxylation is 1. The van der Waals surface area contributed by atoms with E-state index in [1.807, 2.05) is 32.0 Å². The fraction of sp³-hybridized carbons (Fsp3) is 0.105. The van der Waals surface area contributed by atoms with E-state index in [-0.39, 0.29) is 17.5 Å². The molecule has 0 fully saturated rings. The molecule has 2 N–H and O–H groups in total. The Kier molecular flexibility index (Phi) is 5.40. The van der Waals surface area contributed by atoms with Gasteiger partial charge < -0.3 is 10.6 Å². The summed E-state index contributed by atoms with van der Waals surface area (Å²) >= 11 is 12.0. The predicted octanol–water partition coefficient (Wildman–Crippen LogP) is 5.40. The number of hydrogen-bond donors (Lipinski definition) is 2. The summed E-state index contributed by atoms with van der Waals surface area (Å²) in [6.45, 7) is 3.95. The molecule has 1 amide bonds. The quantitative estimate of drug-likeness (QED) is 0.629. The number of nitrogens with zero attached hydrogens (tertiary/aromatic N) is 2. The second-order valence-electron chi connectivity index (χ2n) is 5.72. The molecule has 3 aromatic rings. The minimum Gasteiger partial charge on any atom is -0.323 e. The molecule has 1 aromatic heterocycles. The summed E-state index contributed by atoms with van der Waals surface area (Å²) in [6, 6.07) is 12.3. The van der Waals surface area contributed by atoms with Gasteiger partial charge in [-0.1, -0.05) is 35.3 Å². The van der Waals surface area contributed by atoms with Crippen LogP contribution in [-0.4, -0.2) is 15.9 Å². The van der Waals surface area contributed by atoms with Gasteiger partial charge in [0, 0.05) is 16.9 Å². The maximum atomic E-state index is 12.5. The molecule has 0 unspecified atom stereocenters. The molecule has 7 heteroatoms. The molecule has 2 aromatic carbocycles. The van der Waals surface area contributed by atoms with Crippen molar-refractivity contribution in [3.8, 4) is 0 Å². The van der Waals surface area contributed by atoms with E-state index in [9.17, 15) is 4.79 Å². The molecular formula is C19H16Cl2N4O. The van der Waals surface area contributed by atoms with Crippen molar-refractivity contribution < 1.29 is 4.79 Å². The standard InChI is InChI=1S/C19H16Cl2N4O/c1-11-4-3-5-15(12(11)2)23-18(26)17-8-9-22-19(25-17)24-16-7-6-13(20)10-14(16)21/h3-10H,1-2H3,(H,23,26)(H,22,24,25). The second kappa shape index (κ2) is 7.72. The van der Waals surface area contributed by atoms with Crippen LogP contribution in [0.3, 0.4) is 0 Å². The van der Waals surface area contributed by atoms with Crippen LogP contribution >= 0.6 is 23.2 Å². The van der Waals surface area contributed by atoms with Crippen molar-refractivity contribution in [1.82, 2.24) is 9.97 Å². The van der Waals surface area contributed by atoms with Crippen molar-refractivity contribution in [3.63, 3.8) is 0 Å². The lowest BCUT2D eigenvalue weighted by Crippen LogP contribution is -2.15. The molecule has 26 heavy (non-hydrogen) atoms.